The molecule has 1 atom stereocenters. The quantitative estimate of drug-likeness (QED) is 0.891. The van der Waals surface area contributed by atoms with E-state index in [2.05, 4.69) is 49.0 Å². The number of aromatic nitrogens is 1. The number of hydrogen-bond acceptors (Lipinski definition) is 1. The van der Waals surface area contributed by atoms with Gasteiger partial charge >= 0.3 is 6.03 Å². The van der Waals surface area contributed by atoms with Crippen molar-refractivity contribution >= 4 is 6.03 Å². The van der Waals surface area contributed by atoms with E-state index in [-0.39, 0.29) is 12.1 Å². The smallest absolute Gasteiger partial charge is 0.318 e. The molecule has 1 aliphatic heterocycles. The van der Waals surface area contributed by atoms with Crippen molar-refractivity contribution in [2.24, 2.45) is 5.92 Å². The average Bonchev–Trinajstić information content (AvgIpc) is 2.85. The van der Waals surface area contributed by atoms with Crippen LogP contribution in [0.15, 0.2) is 18.3 Å². The molecule has 0 saturated carbocycles. The summed E-state index contributed by atoms with van der Waals surface area (Å²) in [5.74, 6) is 0.488. The number of nitrogens with one attached hydrogen (secondary N) is 1. The molecule has 2 amide bonds. The summed E-state index contributed by atoms with van der Waals surface area (Å²) in [6, 6.07) is 4.52. The van der Waals surface area contributed by atoms with Gasteiger partial charge in [-0.05, 0) is 24.5 Å². The van der Waals surface area contributed by atoms with Gasteiger partial charge in [0.15, 0.2) is 0 Å². The van der Waals surface area contributed by atoms with Crippen molar-refractivity contribution in [3.05, 3.63) is 24.0 Å². The summed E-state index contributed by atoms with van der Waals surface area (Å²) in [6.45, 7) is 8.85. The van der Waals surface area contributed by atoms with Crippen LogP contribution in [-0.2, 0) is 6.54 Å². The van der Waals surface area contributed by atoms with Gasteiger partial charge in [0.2, 0.25) is 0 Å². The van der Waals surface area contributed by atoms with E-state index in [0.717, 1.165) is 32.5 Å². The maximum Gasteiger partial charge on any atom is 0.318 e. The second kappa shape index (κ2) is 6.13. The Hall–Kier alpha value is -1.45. The lowest BCUT2D eigenvalue weighted by Gasteiger charge is -2.37. The summed E-state index contributed by atoms with van der Waals surface area (Å²) in [4.78, 5) is 14.3. The zero-order valence-electron chi connectivity index (χ0n) is 12.2. The molecule has 4 nitrogen and oxygen atoms in total. The molecular weight excluding hydrogens is 238 g/mol. The number of amides is 2. The Morgan fingerprint density at radius 2 is 2.26 bits per heavy atom. The second-order valence-electron chi connectivity index (χ2n) is 5.70. The van der Waals surface area contributed by atoms with Gasteiger partial charge in [0.1, 0.15) is 0 Å². The van der Waals surface area contributed by atoms with Crippen LogP contribution in [0.3, 0.4) is 0 Å². The van der Waals surface area contributed by atoms with Crippen LogP contribution in [0.2, 0.25) is 0 Å². The van der Waals surface area contributed by atoms with Crippen molar-refractivity contribution in [3.8, 4) is 0 Å². The first kappa shape index (κ1) is 14.0. The number of hydrogen-bond donors (Lipinski definition) is 1. The number of carbonyl (C=O) groups excluding carboxylic acids is 1. The molecule has 19 heavy (non-hydrogen) atoms. The molecule has 0 fully saturated rings. The molecule has 0 aromatic carbocycles. The molecule has 0 saturated heterocycles. The van der Waals surface area contributed by atoms with Gasteiger partial charge in [-0.2, -0.15) is 0 Å². The van der Waals surface area contributed by atoms with Crippen molar-refractivity contribution < 1.29 is 4.79 Å². The number of nitrogens with zero attached hydrogens (tertiary/aromatic N) is 2. The fourth-order valence-corrected chi connectivity index (χ4v) is 2.68. The van der Waals surface area contributed by atoms with Gasteiger partial charge in [-0.25, -0.2) is 4.79 Å². The van der Waals surface area contributed by atoms with E-state index in [4.69, 9.17) is 0 Å². The molecule has 4 heteroatoms. The molecule has 0 spiro atoms. The first-order chi connectivity index (χ1) is 9.13. The highest BCUT2D eigenvalue weighted by atomic mass is 16.2. The van der Waals surface area contributed by atoms with E-state index in [9.17, 15) is 4.79 Å². The summed E-state index contributed by atoms with van der Waals surface area (Å²) < 4.78 is 2.27. The molecule has 1 aromatic heterocycles. The van der Waals surface area contributed by atoms with Crippen LogP contribution in [0.25, 0.3) is 0 Å². The minimum atomic E-state index is 0.0830. The van der Waals surface area contributed by atoms with E-state index in [1.165, 1.54) is 5.69 Å². The second-order valence-corrected chi connectivity index (χ2v) is 5.70. The predicted molar refractivity (Wildman–Crippen MR) is 77.0 cm³/mol. The van der Waals surface area contributed by atoms with E-state index < -0.39 is 0 Å². The first-order valence-electron chi connectivity index (χ1n) is 7.33. The van der Waals surface area contributed by atoms with Gasteiger partial charge in [0, 0.05) is 31.5 Å². The lowest BCUT2D eigenvalue weighted by atomic mass is 10.0. The number of fused-ring (bicyclic) bond motifs is 1. The van der Waals surface area contributed by atoms with Gasteiger partial charge in [0.05, 0.1) is 6.04 Å². The third-order valence-corrected chi connectivity index (χ3v) is 3.65. The molecule has 0 bridgehead atoms. The van der Waals surface area contributed by atoms with Gasteiger partial charge in [0.25, 0.3) is 0 Å². The van der Waals surface area contributed by atoms with E-state index in [0.29, 0.717) is 5.92 Å². The first-order valence-corrected chi connectivity index (χ1v) is 7.33. The highest BCUT2D eigenvalue weighted by Gasteiger charge is 2.29. The van der Waals surface area contributed by atoms with Crippen molar-refractivity contribution in [2.75, 3.05) is 13.1 Å². The maximum absolute atomic E-state index is 12.3. The fourth-order valence-electron chi connectivity index (χ4n) is 2.68. The van der Waals surface area contributed by atoms with Gasteiger partial charge in [-0.15, -0.1) is 0 Å². The molecular formula is C15H25N3O. The highest BCUT2D eigenvalue weighted by molar-refractivity contribution is 5.74. The molecule has 0 aliphatic carbocycles. The summed E-state index contributed by atoms with van der Waals surface area (Å²) in [5, 5.41) is 3.04. The number of carbonyl (C=O) groups is 1. The zero-order valence-corrected chi connectivity index (χ0v) is 12.2. The SMILES string of the molecule is CCCC1c2cccn2CCN1C(=O)NCC(C)C. The third-order valence-electron chi connectivity index (χ3n) is 3.65. The zero-order chi connectivity index (χ0) is 13.8. The molecule has 1 aromatic rings. The Labute approximate surface area is 115 Å². The molecule has 1 aliphatic rings. The van der Waals surface area contributed by atoms with Crippen molar-refractivity contribution in [1.82, 2.24) is 14.8 Å². The monoisotopic (exact) mass is 263 g/mol. The van der Waals surface area contributed by atoms with Crippen LogP contribution in [0.1, 0.15) is 45.3 Å². The molecule has 1 N–H and O–H groups in total. The number of rotatable bonds is 4. The molecule has 1 unspecified atom stereocenters. The normalized spacial score (nSPS) is 18.5. The Morgan fingerprint density at radius 1 is 1.47 bits per heavy atom. The van der Waals surface area contributed by atoms with E-state index in [1.54, 1.807) is 0 Å². The van der Waals surface area contributed by atoms with Crippen molar-refractivity contribution in [3.63, 3.8) is 0 Å². The largest absolute Gasteiger partial charge is 0.348 e. The minimum absolute atomic E-state index is 0.0830. The summed E-state index contributed by atoms with van der Waals surface area (Å²) in [6.07, 6.45) is 4.23. The summed E-state index contributed by atoms with van der Waals surface area (Å²) >= 11 is 0. The third kappa shape index (κ3) is 3.11. The van der Waals surface area contributed by atoms with Gasteiger partial charge in [-0.3, -0.25) is 0 Å². The van der Waals surface area contributed by atoms with Crippen LogP contribution in [0, 0.1) is 5.92 Å². The van der Waals surface area contributed by atoms with Crippen LogP contribution in [-0.4, -0.2) is 28.6 Å². The maximum atomic E-state index is 12.3. The lowest BCUT2D eigenvalue weighted by molar-refractivity contribution is 0.150. The predicted octanol–water partition coefficient (Wildman–Crippen LogP) is 3.01. The molecule has 2 rings (SSSR count). The average molecular weight is 263 g/mol. The Bertz CT molecular complexity index is 425. The van der Waals surface area contributed by atoms with Gasteiger partial charge < -0.3 is 14.8 Å². The highest BCUT2D eigenvalue weighted by Crippen LogP contribution is 2.29. The number of urea groups is 1. The minimum Gasteiger partial charge on any atom is -0.348 e. The summed E-state index contributed by atoms with van der Waals surface area (Å²) in [7, 11) is 0. The molecule has 106 valence electrons. The van der Waals surface area contributed by atoms with Crippen molar-refractivity contribution in [2.45, 2.75) is 46.2 Å². The van der Waals surface area contributed by atoms with Crippen molar-refractivity contribution in [1.29, 1.82) is 0 Å². The fraction of sp³-hybridized carbons (Fsp3) is 0.667. The molecule has 0 radical (unpaired) electrons. The van der Waals surface area contributed by atoms with E-state index in [1.807, 2.05) is 4.90 Å². The Kier molecular flexibility index (Phi) is 4.51. The topological polar surface area (TPSA) is 37.3 Å². The molecule has 2 heterocycles. The van der Waals surface area contributed by atoms with Crippen LogP contribution < -0.4 is 5.32 Å². The summed E-state index contributed by atoms with van der Waals surface area (Å²) in [5.41, 5.74) is 1.27. The van der Waals surface area contributed by atoms with Gasteiger partial charge in [-0.1, -0.05) is 27.2 Å². The van der Waals surface area contributed by atoms with E-state index >= 15 is 0 Å². The van der Waals surface area contributed by atoms with Crippen LogP contribution in [0.4, 0.5) is 4.79 Å². The standard InChI is InChI=1S/C15H25N3O/c1-4-6-14-13-7-5-8-17(13)9-10-18(14)15(19)16-11-12(2)3/h5,7-8,12,14H,4,6,9-11H2,1-3H3,(H,16,19). The Morgan fingerprint density at radius 3 is 2.95 bits per heavy atom. The van der Waals surface area contributed by atoms with Crippen LogP contribution >= 0.6 is 0 Å². The Balaban J connectivity index is 2.09. The lowest BCUT2D eigenvalue weighted by Crippen LogP contribution is -2.47. The van der Waals surface area contributed by atoms with Crippen LogP contribution in [0.5, 0.6) is 0 Å².